The summed E-state index contributed by atoms with van der Waals surface area (Å²) in [7, 11) is 0. The molecule has 0 aromatic heterocycles. The van der Waals surface area contributed by atoms with Gasteiger partial charge in [0, 0.05) is 24.3 Å². The smallest absolute Gasteiger partial charge is 0.0781 e. The molecule has 0 saturated heterocycles. The minimum atomic E-state index is -0.748. The van der Waals surface area contributed by atoms with Gasteiger partial charge in [-0.15, -0.1) is 0 Å². The van der Waals surface area contributed by atoms with Crippen molar-refractivity contribution < 1.29 is 10.2 Å². The van der Waals surface area contributed by atoms with E-state index in [1.807, 2.05) is 31.2 Å². The Labute approximate surface area is 104 Å². The number of aliphatic hydroxyl groups excluding tert-OH is 1. The van der Waals surface area contributed by atoms with Crippen LogP contribution in [0.4, 0.5) is 5.69 Å². The topological polar surface area (TPSA) is 43.7 Å². The van der Waals surface area contributed by atoms with Crippen LogP contribution >= 0.6 is 0 Å². The van der Waals surface area contributed by atoms with E-state index in [-0.39, 0.29) is 0 Å². The molecule has 0 fully saturated rings. The Morgan fingerprint density at radius 2 is 1.88 bits per heavy atom. The van der Waals surface area contributed by atoms with Crippen molar-refractivity contribution in [3.63, 3.8) is 0 Å². The predicted octanol–water partition coefficient (Wildman–Crippen LogP) is 2.34. The molecule has 3 nitrogen and oxygen atoms in total. The summed E-state index contributed by atoms with van der Waals surface area (Å²) < 4.78 is 0. The number of aliphatic hydroxyl groups is 2. The fourth-order valence-electron chi connectivity index (χ4n) is 1.96. The van der Waals surface area contributed by atoms with Crippen molar-refractivity contribution in [1.82, 2.24) is 0 Å². The normalized spacial score (nSPS) is 13.5. The van der Waals surface area contributed by atoms with Crippen molar-refractivity contribution in [1.29, 1.82) is 0 Å². The molecule has 0 unspecified atom stereocenters. The third-order valence-electron chi connectivity index (χ3n) is 2.69. The lowest BCUT2D eigenvalue weighted by Gasteiger charge is -2.32. The largest absolute Gasteiger partial charge is 0.389 e. The van der Waals surface area contributed by atoms with Gasteiger partial charge in [0.1, 0.15) is 0 Å². The fraction of sp³-hybridized carbons (Fsp3) is 0.571. The zero-order chi connectivity index (χ0) is 13.1. The van der Waals surface area contributed by atoms with E-state index < -0.39 is 11.7 Å². The molecule has 0 aliphatic heterocycles. The Morgan fingerprint density at radius 1 is 1.29 bits per heavy atom. The summed E-state index contributed by atoms with van der Waals surface area (Å²) in [5.74, 6) is 0. The van der Waals surface area contributed by atoms with Crippen molar-refractivity contribution in [2.45, 2.75) is 39.4 Å². The van der Waals surface area contributed by atoms with Gasteiger partial charge >= 0.3 is 0 Å². The molecule has 0 heterocycles. The number of likely N-dealkylation sites (N-methyl/N-ethyl adjacent to an activating group) is 1. The second-order valence-corrected chi connectivity index (χ2v) is 5.06. The number of hydrogen-bond acceptors (Lipinski definition) is 3. The van der Waals surface area contributed by atoms with Crippen molar-refractivity contribution in [2.24, 2.45) is 0 Å². The standard InChI is InChI=1S/C14H23NO2/c1-5-15(10-14(3,4)17)13-9-7-6-8-12(13)11(2)16/h6-9,11,16-17H,5,10H2,1-4H3/t11-/m1/s1. The molecule has 0 aliphatic rings. The van der Waals surface area contributed by atoms with Crippen molar-refractivity contribution in [2.75, 3.05) is 18.0 Å². The average molecular weight is 237 g/mol. The Morgan fingerprint density at radius 3 is 2.35 bits per heavy atom. The SMILES string of the molecule is CCN(CC(C)(C)O)c1ccccc1[C@@H](C)O. The van der Waals surface area contributed by atoms with Crippen LogP contribution in [-0.2, 0) is 0 Å². The second kappa shape index (κ2) is 5.52. The molecule has 0 bridgehead atoms. The maximum absolute atomic E-state index is 9.91. The van der Waals surface area contributed by atoms with E-state index in [0.717, 1.165) is 17.8 Å². The highest BCUT2D eigenvalue weighted by Gasteiger charge is 2.20. The molecule has 17 heavy (non-hydrogen) atoms. The Bertz CT molecular complexity index is 355. The molecule has 3 heteroatoms. The van der Waals surface area contributed by atoms with Gasteiger partial charge in [-0.2, -0.15) is 0 Å². The molecular formula is C14H23NO2. The number of benzene rings is 1. The molecule has 0 radical (unpaired) electrons. The van der Waals surface area contributed by atoms with Crippen LogP contribution in [0.2, 0.25) is 0 Å². The maximum atomic E-state index is 9.91. The van der Waals surface area contributed by atoms with E-state index >= 15 is 0 Å². The van der Waals surface area contributed by atoms with Gasteiger partial charge in [-0.3, -0.25) is 0 Å². The van der Waals surface area contributed by atoms with Crippen LogP contribution in [0.25, 0.3) is 0 Å². The van der Waals surface area contributed by atoms with Crippen LogP contribution in [0.5, 0.6) is 0 Å². The second-order valence-electron chi connectivity index (χ2n) is 5.06. The lowest BCUT2D eigenvalue weighted by Crippen LogP contribution is -2.39. The van der Waals surface area contributed by atoms with E-state index in [2.05, 4.69) is 4.90 Å². The lowest BCUT2D eigenvalue weighted by molar-refractivity contribution is 0.0873. The van der Waals surface area contributed by atoms with Gasteiger partial charge < -0.3 is 15.1 Å². The summed E-state index contributed by atoms with van der Waals surface area (Å²) in [5.41, 5.74) is 1.15. The first-order valence-electron chi connectivity index (χ1n) is 6.09. The van der Waals surface area contributed by atoms with E-state index in [9.17, 15) is 10.2 Å². The summed E-state index contributed by atoms with van der Waals surface area (Å²) in [6, 6.07) is 7.78. The summed E-state index contributed by atoms with van der Waals surface area (Å²) >= 11 is 0. The van der Waals surface area contributed by atoms with Crippen molar-refractivity contribution in [3.8, 4) is 0 Å². The molecule has 2 N–H and O–H groups in total. The van der Waals surface area contributed by atoms with Crippen molar-refractivity contribution in [3.05, 3.63) is 29.8 Å². The average Bonchev–Trinajstić information content (AvgIpc) is 2.24. The molecule has 0 saturated carbocycles. The highest BCUT2D eigenvalue weighted by molar-refractivity contribution is 5.54. The molecule has 1 rings (SSSR count). The molecule has 1 aromatic carbocycles. The molecule has 1 atom stereocenters. The maximum Gasteiger partial charge on any atom is 0.0781 e. The van der Waals surface area contributed by atoms with Gasteiger partial charge in [0.2, 0.25) is 0 Å². The summed E-state index contributed by atoms with van der Waals surface area (Å²) in [6.45, 7) is 8.74. The van der Waals surface area contributed by atoms with Gasteiger partial charge in [0.05, 0.1) is 11.7 Å². The number of anilines is 1. The molecule has 0 spiro atoms. The number of rotatable bonds is 5. The van der Waals surface area contributed by atoms with Gasteiger partial charge in [0.15, 0.2) is 0 Å². The van der Waals surface area contributed by atoms with Crippen LogP contribution in [0, 0.1) is 0 Å². The first kappa shape index (κ1) is 14.0. The van der Waals surface area contributed by atoms with E-state index in [1.54, 1.807) is 20.8 Å². The van der Waals surface area contributed by atoms with E-state index in [0.29, 0.717) is 6.54 Å². The van der Waals surface area contributed by atoms with Crippen LogP contribution < -0.4 is 4.90 Å². The van der Waals surface area contributed by atoms with Gasteiger partial charge in [-0.25, -0.2) is 0 Å². The highest BCUT2D eigenvalue weighted by Crippen LogP contribution is 2.27. The molecular weight excluding hydrogens is 214 g/mol. The van der Waals surface area contributed by atoms with Crippen LogP contribution in [0.15, 0.2) is 24.3 Å². The number of para-hydroxylation sites is 1. The lowest BCUT2D eigenvalue weighted by atomic mass is 10.0. The van der Waals surface area contributed by atoms with E-state index in [1.165, 1.54) is 0 Å². The van der Waals surface area contributed by atoms with Crippen molar-refractivity contribution >= 4 is 5.69 Å². The zero-order valence-electron chi connectivity index (χ0n) is 11.1. The van der Waals surface area contributed by atoms with Crippen LogP contribution in [0.3, 0.4) is 0 Å². The van der Waals surface area contributed by atoms with Crippen LogP contribution in [-0.4, -0.2) is 28.9 Å². The number of nitrogens with zero attached hydrogens (tertiary/aromatic N) is 1. The number of hydrogen-bond donors (Lipinski definition) is 2. The van der Waals surface area contributed by atoms with Crippen LogP contribution in [0.1, 0.15) is 39.4 Å². The summed E-state index contributed by atoms with van der Waals surface area (Å²) in [5, 5.41) is 19.7. The quantitative estimate of drug-likeness (QED) is 0.826. The third-order valence-corrected chi connectivity index (χ3v) is 2.69. The monoisotopic (exact) mass is 237 g/mol. The Kier molecular flexibility index (Phi) is 4.54. The summed E-state index contributed by atoms with van der Waals surface area (Å²) in [6.07, 6.45) is -0.498. The van der Waals surface area contributed by atoms with Gasteiger partial charge in [0.25, 0.3) is 0 Å². The molecule has 96 valence electrons. The molecule has 0 aliphatic carbocycles. The molecule has 0 amide bonds. The first-order chi connectivity index (χ1) is 7.85. The Hall–Kier alpha value is -1.06. The zero-order valence-corrected chi connectivity index (χ0v) is 11.1. The van der Waals surface area contributed by atoms with Gasteiger partial charge in [-0.1, -0.05) is 18.2 Å². The van der Waals surface area contributed by atoms with Gasteiger partial charge in [-0.05, 0) is 33.8 Å². The summed E-state index contributed by atoms with van der Waals surface area (Å²) in [4.78, 5) is 2.09. The Balaban J connectivity index is 3.03. The minimum Gasteiger partial charge on any atom is -0.389 e. The molecule has 1 aromatic rings. The predicted molar refractivity (Wildman–Crippen MR) is 71.3 cm³/mol. The minimum absolute atomic E-state index is 0.498. The first-order valence-corrected chi connectivity index (χ1v) is 6.09. The highest BCUT2D eigenvalue weighted by atomic mass is 16.3. The third kappa shape index (κ3) is 4.02. The fourth-order valence-corrected chi connectivity index (χ4v) is 1.96. The van der Waals surface area contributed by atoms with E-state index in [4.69, 9.17) is 0 Å².